The van der Waals surface area contributed by atoms with Crippen molar-refractivity contribution in [1.29, 1.82) is 0 Å². The van der Waals surface area contributed by atoms with E-state index in [0.29, 0.717) is 17.4 Å². The first kappa shape index (κ1) is 21.3. The lowest BCUT2D eigenvalue weighted by Crippen LogP contribution is -2.19. The number of hydrogen-bond acceptors (Lipinski definition) is 6. The number of likely N-dealkylation sites (N-methyl/N-ethyl adjacent to an activating group) is 1. The van der Waals surface area contributed by atoms with Crippen molar-refractivity contribution in [2.24, 2.45) is 0 Å². The molecule has 3 rings (SSSR count). The van der Waals surface area contributed by atoms with Gasteiger partial charge in [-0.15, -0.1) is 11.3 Å². The number of ether oxygens (including phenoxy) is 1. The number of nitrogens with zero attached hydrogens (tertiary/aromatic N) is 2. The van der Waals surface area contributed by atoms with Crippen molar-refractivity contribution in [3.63, 3.8) is 0 Å². The Morgan fingerprint density at radius 2 is 1.83 bits per heavy atom. The van der Waals surface area contributed by atoms with E-state index in [4.69, 9.17) is 4.74 Å². The normalized spacial score (nSPS) is 11.6. The summed E-state index contributed by atoms with van der Waals surface area (Å²) in [7, 11) is 0.300. The van der Waals surface area contributed by atoms with Crippen LogP contribution in [0.4, 0.5) is 5.13 Å². The number of para-hydroxylation sites is 1. The van der Waals surface area contributed by atoms with Crippen LogP contribution in [0.5, 0.6) is 5.75 Å². The first-order chi connectivity index (χ1) is 13.9. The van der Waals surface area contributed by atoms with E-state index >= 15 is 0 Å². The van der Waals surface area contributed by atoms with Crippen LogP contribution in [0.15, 0.2) is 58.8 Å². The fourth-order valence-corrected chi connectivity index (χ4v) is 4.63. The summed E-state index contributed by atoms with van der Waals surface area (Å²) in [6, 6.07) is 14.5. The maximum absolute atomic E-state index is 12.6. The molecule has 8 heteroatoms. The first-order valence-electron chi connectivity index (χ1n) is 9.33. The predicted octanol–water partition coefficient (Wildman–Crippen LogP) is 4.11. The maximum atomic E-state index is 12.6. The number of thiazole rings is 1. The summed E-state index contributed by atoms with van der Waals surface area (Å²) < 4.78 is 33.8. The SMILES string of the molecule is CCc1ccc(S(=O)(=O)Nc2nc(-c3ccccc3OCCN(C)C)cs2)cc1. The summed E-state index contributed by atoms with van der Waals surface area (Å²) in [5.74, 6) is 0.726. The zero-order valence-corrected chi connectivity index (χ0v) is 18.4. The van der Waals surface area contributed by atoms with Crippen molar-refractivity contribution < 1.29 is 13.2 Å². The van der Waals surface area contributed by atoms with Crippen LogP contribution >= 0.6 is 11.3 Å². The summed E-state index contributed by atoms with van der Waals surface area (Å²) in [5, 5.41) is 2.15. The molecule has 0 spiro atoms. The zero-order chi connectivity index (χ0) is 20.9. The van der Waals surface area contributed by atoms with Crippen LogP contribution < -0.4 is 9.46 Å². The van der Waals surface area contributed by atoms with Gasteiger partial charge in [-0.05, 0) is 50.3 Å². The van der Waals surface area contributed by atoms with Crippen molar-refractivity contribution in [2.45, 2.75) is 18.2 Å². The van der Waals surface area contributed by atoms with E-state index in [1.165, 1.54) is 11.3 Å². The van der Waals surface area contributed by atoms with Crippen molar-refractivity contribution in [3.8, 4) is 17.0 Å². The molecule has 0 radical (unpaired) electrons. The largest absolute Gasteiger partial charge is 0.492 e. The number of hydrogen-bond donors (Lipinski definition) is 1. The molecule has 0 fully saturated rings. The first-order valence-corrected chi connectivity index (χ1v) is 11.7. The second-order valence-corrected chi connectivity index (χ2v) is 9.33. The summed E-state index contributed by atoms with van der Waals surface area (Å²) in [6.45, 7) is 3.38. The molecule has 0 aliphatic heterocycles. The van der Waals surface area contributed by atoms with Gasteiger partial charge < -0.3 is 9.64 Å². The van der Waals surface area contributed by atoms with Gasteiger partial charge in [0.15, 0.2) is 5.13 Å². The number of benzene rings is 2. The monoisotopic (exact) mass is 431 g/mol. The van der Waals surface area contributed by atoms with E-state index in [1.54, 1.807) is 12.1 Å². The minimum Gasteiger partial charge on any atom is -0.492 e. The number of nitrogens with one attached hydrogen (secondary N) is 1. The van der Waals surface area contributed by atoms with E-state index in [9.17, 15) is 8.42 Å². The topological polar surface area (TPSA) is 71.5 Å². The minimum absolute atomic E-state index is 0.221. The van der Waals surface area contributed by atoms with Crippen LogP contribution in [-0.4, -0.2) is 45.5 Å². The van der Waals surface area contributed by atoms with Crippen LogP contribution in [0, 0.1) is 0 Å². The molecule has 0 bridgehead atoms. The van der Waals surface area contributed by atoms with E-state index in [-0.39, 0.29) is 4.90 Å². The maximum Gasteiger partial charge on any atom is 0.263 e. The Morgan fingerprint density at radius 3 is 2.52 bits per heavy atom. The number of sulfonamides is 1. The average Bonchev–Trinajstić information content (AvgIpc) is 3.15. The Morgan fingerprint density at radius 1 is 1.10 bits per heavy atom. The molecule has 0 atom stereocenters. The molecular formula is C21H25N3O3S2. The van der Waals surface area contributed by atoms with Gasteiger partial charge in [0.25, 0.3) is 10.0 Å². The standard InChI is InChI=1S/C21H25N3O3S2/c1-4-16-9-11-17(12-10-16)29(25,26)23-21-22-19(15-28-21)18-7-5-6-8-20(18)27-14-13-24(2)3/h5-12,15H,4,13-14H2,1-3H3,(H,22,23). The number of rotatable bonds is 9. The number of aryl methyl sites for hydroxylation is 1. The predicted molar refractivity (Wildman–Crippen MR) is 118 cm³/mol. The van der Waals surface area contributed by atoms with Gasteiger partial charge in [-0.3, -0.25) is 4.72 Å². The lowest BCUT2D eigenvalue weighted by atomic mass is 10.1. The molecule has 154 valence electrons. The molecule has 0 saturated heterocycles. The second-order valence-electron chi connectivity index (χ2n) is 6.79. The lowest BCUT2D eigenvalue weighted by molar-refractivity contribution is 0.262. The third-order valence-corrected chi connectivity index (χ3v) is 6.57. The van der Waals surface area contributed by atoms with Gasteiger partial charge in [0, 0.05) is 17.5 Å². The van der Waals surface area contributed by atoms with Crippen LogP contribution in [0.1, 0.15) is 12.5 Å². The molecule has 2 aromatic carbocycles. The van der Waals surface area contributed by atoms with Crippen LogP contribution in [0.2, 0.25) is 0 Å². The van der Waals surface area contributed by atoms with Gasteiger partial charge in [0.05, 0.1) is 10.6 Å². The highest BCUT2D eigenvalue weighted by Gasteiger charge is 2.17. The van der Waals surface area contributed by atoms with Crippen molar-refractivity contribution in [2.75, 3.05) is 32.0 Å². The molecule has 3 aromatic rings. The molecule has 1 N–H and O–H groups in total. The molecular weight excluding hydrogens is 406 g/mol. The van der Waals surface area contributed by atoms with Crippen molar-refractivity contribution in [3.05, 3.63) is 59.5 Å². The fraction of sp³-hybridized carbons (Fsp3) is 0.286. The summed E-state index contributed by atoms with van der Waals surface area (Å²) >= 11 is 1.25. The molecule has 0 saturated carbocycles. The van der Waals surface area contributed by atoms with E-state index in [0.717, 1.165) is 29.8 Å². The number of anilines is 1. The molecule has 29 heavy (non-hydrogen) atoms. The fourth-order valence-electron chi connectivity index (χ4n) is 2.66. The van der Waals surface area contributed by atoms with Gasteiger partial charge in [0.2, 0.25) is 0 Å². The average molecular weight is 432 g/mol. The Hall–Kier alpha value is -2.42. The summed E-state index contributed by atoms with van der Waals surface area (Å²) in [6.07, 6.45) is 0.861. The molecule has 6 nitrogen and oxygen atoms in total. The molecule has 0 amide bonds. The molecule has 0 aliphatic carbocycles. The zero-order valence-electron chi connectivity index (χ0n) is 16.8. The van der Waals surface area contributed by atoms with Crippen LogP contribution in [0.25, 0.3) is 11.3 Å². The van der Waals surface area contributed by atoms with E-state index in [1.807, 2.05) is 67.7 Å². The van der Waals surface area contributed by atoms with Crippen molar-refractivity contribution in [1.82, 2.24) is 9.88 Å². The second kappa shape index (κ2) is 9.39. The van der Waals surface area contributed by atoms with E-state index < -0.39 is 10.0 Å². The van der Waals surface area contributed by atoms with Crippen molar-refractivity contribution >= 4 is 26.5 Å². The highest BCUT2D eigenvalue weighted by molar-refractivity contribution is 7.93. The highest BCUT2D eigenvalue weighted by Crippen LogP contribution is 2.32. The van der Waals surface area contributed by atoms with E-state index in [2.05, 4.69) is 9.71 Å². The summed E-state index contributed by atoms with van der Waals surface area (Å²) in [4.78, 5) is 6.73. The van der Waals surface area contributed by atoms with Gasteiger partial charge in [0.1, 0.15) is 12.4 Å². The van der Waals surface area contributed by atoms with Crippen LogP contribution in [0.3, 0.4) is 0 Å². The molecule has 0 aliphatic rings. The Kier molecular flexibility index (Phi) is 6.89. The third kappa shape index (κ3) is 5.56. The van der Waals surface area contributed by atoms with Gasteiger partial charge in [-0.1, -0.05) is 31.2 Å². The minimum atomic E-state index is -3.68. The van der Waals surface area contributed by atoms with Gasteiger partial charge in [-0.25, -0.2) is 13.4 Å². The smallest absolute Gasteiger partial charge is 0.263 e. The van der Waals surface area contributed by atoms with Crippen LogP contribution in [-0.2, 0) is 16.4 Å². The van der Waals surface area contributed by atoms with Gasteiger partial charge in [-0.2, -0.15) is 0 Å². The molecule has 0 unspecified atom stereocenters. The lowest BCUT2D eigenvalue weighted by Gasteiger charge is -2.13. The Labute approximate surface area is 176 Å². The quantitative estimate of drug-likeness (QED) is 0.552. The highest BCUT2D eigenvalue weighted by atomic mass is 32.2. The molecule has 1 aromatic heterocycles. The van der Waals surface area contributed by atoms with Gasteiger partial charge >= 0.3 is 0 Å². The number of aromatic nitrogens is 1. The molecule has 1 heterocycles. The third-order valence-electron chi connectivity index (χ3n) is 4.33. The Bertz CT molecular complexity index is 1050. The summed E-state index contributed by atoms with van der Waals surface area (Å²) in [5.41, 5.74) is 2.60. The Balaban J connectivity index is 1.77.